The third-order valence-electron chi connectivity index (χ3n) is 1.48. The highest BCUT2D eigenvalue weighted by Gasteiger charge is 2.29. The Labute approximate surface area is 75.3 Å². The average Bonchev–Trinajstić information content (AvgIpc) is 1.98. The number of hydrogen-bond donors (Lipinski definition) is 2. The first-order valence-electron chi connectivity index (χ1n) is 4.09. The van der Waals surface area contributed by atoms with Gasteiger partial charge in [0.25, 0.3) is 0 Å². The van der Waals surface area contributed by atoms with E-state index in [0.717, 1.165) is 0 Å². The molecule has 0 radical (unpaired) electrons. The van der Waals surface area contributed by atoms with E-state index in [9.17, 15) is 13.2 Å². The van der Waals surface area contributed by atoms with E-state index in [1.165, 1.54) is 4.90 Å². The van der Waals surface area contributed by atoms with Gasteiger partial charge in [0.2, 0.25) is 0 Å². The van der Waals surface area contributed by atoms with E-state index in [2.05, 4.69) is 0 Å². The topological polar surface area (TPSA) is 49.5 Å². The summed E-state index contributed by atoms with van der Waals surface area (Å²) in [5, 5.41) is 8.44. The molecule has 0 bridgehead atoms. The summed E-state index contributed by atoms with van der Waals surface area (Å²) in [6.07, 6.45) is -3.85. The molecule has 0 aliphatic rings. The second-order valence-electron chi connectivity index (χ2n) is 2.76. The van der Waals surface area contributed by atoms with Crippen LogP contribution in [0.15, 0.2) is 0 Å². The van der Waals surface area contributed by atoms with Crippen molar-refractivity contribution in [3.05, 3.63) is 0 Å². The van der Waals surface area contributed by atoms with Crippen molar-refractivity contribution in [3.63, 3.8) is 0 Å². The monoisotopic (exact) mass is 200 g/mol. The molecule has 0 heterocycles. The second-order valence-corrected chi connectivity index (χ2v) is 2.76. The predicted molar refractivity (Wildman–Crippen MR) is 43.3 cm³/mol. The van der Waals surface area contributed by atoms with Crippen molar-refractivity contribution in [1.29, 1.82) is 0 Å². The van der Waals surface area contributed by atoms with Crippen molar-refractivity contribution >= 4 is 0 Å². The lowest BCUT2D eigenvalue weighted by Gasteiger charge is -2.22. The molecule has 0 amide bonds. The standard InChI is InChI=1S/C7H15F3N2O/c8-7(9,10)6-12(4-2-11)3-1-5-13/h13H,1-6,11H2. The number of nitrogens with zero attached hydrogens (tertiary/aromatic N) is 1. The van der Waals surface area contributed by atoms with Crippen LogP contribution in [0, 0.1) is 0 Å². The Bertz CT molecular complexity index is 129. The summed E-state index contributed by atoms with van der Waals surface area (Å²) in [6, 6.07) is 0. The number of aliphatic hydroxyl groups is 1. The molecule has 0 unspecified atom stereocenters. The fourth-order valence-corrected chi connectivity index (χ4v) is 1.00. The molecule has 80 valence electrons. The van der Waals surface area contributed by atoms with Crippen LogP contribution in [0.1, 0.15) is 6.42 Å². The van der Waals surface area contributed by atoms with Crippen LogP contribution in [0.25, 0.3) is 0 Å². The molecule has 0 aliphatic carbocycles. The zero-order chi connectivity index (χ0) is 10.3. The largest absolute Gasteiger partial charge is 0.401 e. The summed E-state index contributed by atoms with van der Waals surface area (Å²) in [6.45, 7) is -0.419. The highest BCUT2D eigenvalue weighted by molar-refractivity contribution is 4.63. The molecule has 13 heavy (non-hydrogen) atoms. The first kappa shape index (κ1) is 12.7. The zero-order valence-corrected chi connectivity index (χ0v) is 7.35. The maximum atomic E-state index is 11.9. The average molecular weight is 200 g/mol. The van der Waals surface area contributed by atoms with Crippen LogP contribution in [0.5, 0.6) is 0 Å². The van der Waals surface area contributed by atoms with Crippen LogP contribution in [-0.2, 0) is 0 Å². The maximum Gasteiger partial charge on any atom is 0.401 e. The summed E-state index contributed by atoms with van der Waals surface area (Å²) in [7, 11) is 0. The molecular formula is C7H15F3N2O. The molecule has 0 rings (SSSR count). The Morgan fingerprint density at radius 2 is 1.85 bits per heavy atom. The van der Waals surface area contributed by atoms with E-state index >= 15 is 0 Å². The molecule has 3 N–H and O–H groups in total. The molecule has 0 aromatic carbocycles. The summed E-state index contributed by atoms with van der Waals surface area (Å²) in [5.74, 6) is 0. The van der Waals surface area contributed by atoms with Crippen LogP contribution in [-0.4, -0.2) is 49.0 Å². The van der Waals surface area contributed by atoms with Gasteiger partial charge in [0.05, 0.1) is 6.54 Å². The van der Waals surface area contributed by atoms with Crippen molar-refractivity contribution in [3.8, 4) is 0 Å². The summed E-state index contributed by atoms with van der Waals surface area (Å²) in [5.41, 5.74) is 5.15. The van der Waals surface area contributed by atoms with E-state index in [1.807, 2.05) is 0 Å². The third kappa shape index (κ3) is 8.01. The van der Waals surface area contributed by atoms with Gasteiger partial charge in [0.15, 0.2) is 0 Å². The van der Waals surface area contributed by atoms with Crippen molar-refractivity contribution in [2.24, 2.45) is 5.73 Å². The van der Waals surface area contributed by atoms with Crippen molar-refractivity contribution in [2.45, 2.75) is 12.6 Å². The Morgan fingerprint density at radius 3 is 2.23 bits per heavy atom. The second kappa shape index (κ2) is 6.17. The molecule has 0 aliphatic heterocycles. The molecule has 0 saturated heterocycles. The molecule has 6 heteroatoms. The molecule has 0 saturated carbocycles. The van der Waals surface area contributed by atoms with Gasteiger partial charge in [-0.25, -0.2) is 0 Å². The van der Waals surface area contributed by atoms with Crippen LogP contribution < -0.4 is 5.73 Å². The normalized spacial score (nSPS) is 12.5. The number of rotatable bonds is 6. The van der Waals surface area contributed by atoms with Gasteiger partial charge in [0, 0.05) is 26.2 Å². The number of halogens is 3. The molecule has 3 nitrogen and oxygen atoms in total. The van der Waals surface area contributed by atoms with E-state index in [4.69, 9.17) is 10.8 Å². The molecular weight excluding hydrogens is 185 g/mol. The van der Waals surface area contributed by atoms with Gasteiger partial charge in [-0.15, -0.1) is 0 Å². The smallest absolute Gasteiger partial charge is 0.396 e. The van der Waals surface area contributed by atoms with Crippen LogP contribution in [0.2, 0.25) is 0 Å². The van der Waals surface area contributed by atoms with E-state index < -0.39 is 12.7 Å². The van der Waals surface area contributed by atoms with Gasteiger partial charge < -0.3 is 10.8 Å². The van der Waals surface area contributed by atoms with Gasteiger partial charge in [-0.2, -0.15) is 13.2 Å². The molecule has 0 fully saturated rings. The van der Waals surface area contributed by atoms with Gasteiger partial charge in [-0.1, -0.05) is 0 Å². The Hall–Kier alpha value is -0.330. The third-order valence-corrected chi connectivity index (χ3v) is 1.48. The van der Waals surface area contributed by atoms with Crippen molar-refractivity contribution < 1.29 is 18.3 Å². The minimum atomic E-state index is -4.19. The van der Waals surface area contributed by atoms with Crippen molar-refractivity contribution in [1.82, 2.24) is 4.90 Å². The van der Waals surface area contributed by atoms with E-state index in [1.54, 1.807) is 0 Å². The van der Waals surface area contributed by atoms with Crippen LogP contribution >= 0.6 is 0 Å². The summed E-state index contributed by atoms with van der Waals surface area (Å²) >= 11 is 0. The maximum absolute atomic E-state index is 11.9. The minimum absolute atomic E-state index is 0.0983. The molecule has 0 spiro atoms. The fraction of sp³-hybridized carbons (Fsp3) is 1.00. The van der Waals surface area contributed by atoms with Crippen LogP contribution in [0.3, 0.4) is 0 Å². The number of nitrogens with two attached hydrogens (primary N) is 1. The first-order chi connectivity index (χ1) is 5.99. The predicted octanol–water partition coefficient (Wildman–Crippen LogP) is 0.192. The number of alkyl halides is 3. The van der Waals surface area contributed by atoms with Gasteiger partial charge in [-0.3, -0.25) is 4.90 Å². The number of hydrogen-bond acceptors (Lipinski definition) is 3. The highest BCUT2D eigenvalue weighted by atomic mass is 19.4. The highest BCUT2D eigenvalue weighted by Crippen LogP contribution is 2.16. The molecule has 0 aromatic heterocycles. The SMILES string of the molecule is NCCN(CCCO)CC(F)(F)F. The lowest BCUT2D eigenvalue weighted by molar-refractivity contribution is -0.145. The Balaban J connectivity index is 3.79. The van der Waals surface area contributed by atoms with Crippen molar-refractivity contribution in [2.75, 3.05) is 32.8 Å². The van der Waals surface area contributed by atoms with E-state index in [-0.39, 0.29) is 26.2 Å². The quantitative estimate of drug-likeness (QED) is 0.643. The van der Waals surface area contributed by atoms with E-state index in [0.29, 0.717) is 6.42 Å². The summed E-state index contributed by atoms with van der Waals surface area (Å²) < 4.78 is 35.7. The van der Waals surface area contributed by atoms with Gasteiger partial charge in [0.1, 0.15) is 0 Å². The zero-order valence-electron chi connectivity index (χ0n) is 7.35. The first-order valence-corrected chi connectivity index (χ1v) is 4.09. The Morgan fingerprint density at radius 1 is 1.23 bits per heavy atom. The minimum Gasteiger partial charge on any atom is -0.396 e. The lowest BCUT2D eigenvalue weighted by atomic mass is 10.3. The molecule has 0 aromatic rings. The number of aliphatic hydroxyl groups excluding tert-OH is 1. The summed E-state index contributed by atoms with van der Waals surface area (Å²) in [4.78, 5) is 1.19. The van der Waals surface area contributed by atoms with Gasteiger partial charge >= 0.3 is 6.18 Å². The molecule has 0 atom stereocenters. The van der Waals surface area contributed by atoms with Gasteiger partial charge in [-0.05, 0) is 6.42 Å². The lowest BCUT2D eigenvalue weighted by Crippen LogP contribution is -2.38. The fourth-order valence-electron chi connectivity index (χ4n) is 1.00. The van der Waals surface area contributed by atoms with Crippen LogP contribution in [0.4, 0.5) is 13.2 Å². The Kier molecular flexibility index (Phi) is 6.02.